The largest absolute Gasteiger partial charge is 0.411 e. The minimum Gasteiger partial charge on any atom is -0.411 e. The fourth-order valence-electron chi connectivity index (χ4n) is 2.50. The Morgan fingerprint density at radius 3 is 2.89 bits per heavy atom. The van der Waals surface area contributed by atoms with Gasteiger partial charge in [0, 0.05) is 24.8 Å². The molecule has 0 saturated carbocycles. The van der Waals surface area contributed by atoms with E-state index in [1.807, 2.05) is 31.2 Å². The summed E-state index contributed by atoms with van der Waals surface area (Å²) in [6, 6.07) is 7.50. The Bertz CT molecular complexity index is 499. The molecule has 0 bridgehead atoms. The molecule has 1 aromatic rings. The van der Waals surface area contributed by atoms with Gasteiger partial charge >= 0.3 is 0 Å². The molecule has 2 rings (SSSR count). The van der Waals surface area contributed by atoms with Crippen molar-refractivity contribution < 1.29 is 10.0 Å². The number of oxime groups is 1. The summed E-state index contributed by atoms with van der Waals surface area (Å²) in [6.45, 7) is 2.65. The molecule has 1 aliphatic heterocycles. The lowest BCUT2D eigenvalue weighted by Crippen LogP contribution is -2.44. The second-order valence-electron chi connectivity index (χ2n) is 4.65. The van der Waals surface area contributed by atoms with Crippen LogP contribution < -0.4 is 10.2 Å². The van der Waals surface area contributed by atoms with Crippen LogP contribution in [0.2, 0.25) is 0 Å². The van der Waals surface area contributed by atoms with Crippen LogP contribution in [-0.2, 0) is 4.79 Å². The average molecular weight is 261 g/mol. The van der Waals surface area contributed by atoms with Crippen LogP contribution in [0, 0.1) is 0 Å². The van der Waals surface area contributed by atoms with Crippen LogP contribution >= 0.6 is 0 Å². The van der Waals surface area contributed by atoms with Crippen LogP contribution in [0.5, 0.6) is 0 Å². The highest BCUT2D eigenvalue weighted by atomic mass is 16.4. The van der Waals surface area contributed by atoms with Crippen molar-refractivity contribution in [1.29, 1.82) is 0 Å². The van der Waals surface area contributed by atoms with Gasteiger partial charge in [0.05, 0.1) is 5.71 Å². The highest BCUT2D eigenvalue weighted by Crippen LogP contribution is 2.28. The van der Waals surface area contributed by atoms with Crippen molar-refractivity contribution in [1.82, 2.24) is 5.32 Å². The number of hydrogen-bond acceptors (Lipinski definition) is 4. The van der Waals surface area contributed by atoms with Crippen LogP contribution in [0.15, 0.2) is 29.4 Å². The number of likely N-dealkylation sites (N-methyl/N-ethyl adjacent to an activating group) is 1. The first-order valence-electron chi connectivity index (χ1n) is 6.47. The number of amides is 1. The van der Waals surface area contributed by atoms with E-state index in [4.69, 9.17) is 5.21 Å². The van der Waals surface area contributed by atoms with Gasteiger partial charge in [-0.15, -0.1) is 0 Å². The lowest BCUT2D eigenvalue weighted by Gasteiger charge is -2.30. The second kappa shape index (κ2) is 5.73. The smallest absolute Gasteiger partial charge is 0.242 e. The molecule has 0 radical (unpaired) electrons. The minimum absolute atomic E-state index is 0.0146. The van der Waals surface area contributed by atoms with Gasteiger partial charge in [0.15, 0.2) is 0 Å². The lowest BCUT2D eigenvalue weighted by molar-refractivity contribution is -0.121. The summed E-state index contributed by atoms with van der Waals surface area (Å²) >= 11 is 0. The van der Waals surface area contributed by atoms with Crippen molar-refractivity contribution >= 4 is 17.3 Å². The number of nitrogens with zero attached hydrogens (tertiary/aromatic N) is 2. The van der Waals surface area contributed by atoms with Gasteiger partial charge in [-0.05, 0) is 25.8 Å². The number of rotatable bonds is 2. The van der Waals surface area contributed by atoms with E-state index in [1.54, 1.807) is 7.05 Å². The molecule has 5 heteroatoms. The third kappa shape index (κ3) is 2.54. The van der Waals surface area contributed by atoms with Crippen molar-refractivity contribution in [3.05, 3.63) is 29.8 Å². The number of nitrogens with one attached hydrogen (secondary N) is 1. The molecule has 102 valence electrons. The van der Waals surface area contributed by atoms with Crippen molar-refractivity contribution in [2.24, 2.45) is 5.16 Å². The van der Waals surface area contributed by atoms with Gasteiger partial charge in [-0.2, -0.15) is 0 Å². The molecule has 0 aliphatic carbocycles. The van der Waals surface area contributed by atoms with E-state index in [2.05, 4.69) is 15.4 Å². The predicted octanol–water partition coefficient (Wildman–Crippen LogP) is 1.60. The SMILES string of the molecule is CNC(=O)C(C)N1CCC/C(=N/O)c2ccccc21. The number of carbonyl (C=O) groups excluding carboxylic acids is 1. The van der Waals surface area contributed by atoms with Gasteiger partial charge in [-0.1, -0.05) is 23.4 Å². The van der Waals surface area contributed by atoms with E-state index in [1.165, 1.54) is 0 Å². The molecule has 1 unspecified atom stereocenters. The summed E-state index contributed by atoms with van der Waals surface area (Å²) in [5, 5.41) is 15.2. The van der Waals surface area contributed by atoms with Gasteiger partial charge in [0.2, 0.25) is 5.91 Å². The van der Waals surface area contributed by atoms with Gasteiger partial charge in [0.1, 0.15) is 6.04 Å². The van der Waals surface area contributed by atoms with Gasteiger partial charge in [-0.3, -0.25) is 4.79 Å². The lowest BCUT2D eigenvalue weighted by atomic mass is 10.1. The van der Waals surface area contributed by atoms with E-state index in [0.29, 0.717) is 12.1 Å². The van der Waals surface area contributed by atoms with Crippen LogP contribution in [0.3, 0.4) is 0 Å². The summed E-state index contributed by atoms with van der Waals surface area (Å²) in [7, 11) is 1.64. The van der Waals surface area contributed by atoms with E-state index in [9.17, 15) is 4.79 Å². The number of fused-ring (bicyclic) bond motifs is 1. The summed E-state index contributed by atoms with van der Waals surface area (Å²) < 4.78 is 0. The molecule has 1 atom stereocenters. The van der Waals surface area contributed by atoms with Crippen LogP contribution in [0.4, 0.5) is 5.69 Å². The fourth-order valence-corrected chi connectivity index (χ4v) is 2.50. The second-order valence-corrected chi connectivity index (χ2v) is 4.65. The van der Waals surface area contributed by atoms with Gasteiger partial charge in [0.25, 0.3) is 0 Å². The third-order valence-electron chi connectivity index (χ3n) is 3.55. The molecule has 2 N–H and O–H groups in total. The molecule has 1 aromatic carbocycles. The fraction of sp³-hybridized carbons (Fsp3) is 0.429. The highest BCUT2D eigenvalue weighted by Gasteiger charge is 2.26. The van der Waals surface area contributed by atoms with Crippen molar-refractivity contribution in [2.75, 3.05) is 18.5 Å². The Kier molecular flexibility index (Phi) is 4.04. The van der Waals surface area contributed by atoms with Crippen molar-refractivity contribution in [3.63, 3.8) is 0 Å². The first-order valence-corrected chi connectivity index (χ1v) is 6.47. The Hall–Kier alpha value is -2.04. The van der Waals surface area contributed by atoms with E-state index in [0.717, 1.165) is 24.2 Å². The molecule has 1 aliphatic rings. The number of hydrogen-bond donors (Lipinski definition) is 2. The molecule has 0 fully saturated rings. The van der Waals surface area contributed by atoms with Gasteiger partial charge in [-0.25, -0.2) is 0 Å². The zero-order valence-electron chi connectivity index (χ0n) is 11.3. The quantitative estimate of drug-likeness (QED) is 0.628. The van der Waals surface area contributed by atoms with Crippen LogP contribution in [-0.4, -0.2) is 36.5 Å². The number of anilines is 1. The summed E-state index contributed by atoms with van der Waals surface area (Å²) in [6.07, 6.45) is 1.57. The Labute approximate surface area is 112 Å². The average Bonchev–Trinajstić information content (AvgIpc) is 2.64. The first kappa shape index (κ1) is 13.4. The van der Waals surface area contributed by atoms with Crippen molar-refractivity contribution in [2.45, 2.75) is 25.8 Å². The molecule has 0 aromatic heterocycles. The maximum atomic E-state index is 11.9. The van der Waals surface area contributed by atoms with Crippen LogP contribution in [0.1, 0.15) is 25.3 Å². The zero-order chi connectivity index (χ0) is 13.8. The molecule has 0 saturated heterocycles. The Morgan fingerprint density at radius 2 is 2.21 bits per heavy atom. The molecular formula is C14H19N3O2. The molecule has 19 heavy (non-hydrogen) atoms. The zero-order valence-corrected chi connectivity index (χ0v) is 11.3. The Balaban J connectivity index is 2.44. The topological polar surface area (TPSA) is 64.9 Å². The van der Waals surface area contributed by atoms with Crippen LogP contribution in [0.25, 0.3) is 0 Å². The Morgan fingerprint density at radius 1 is 1.47 bits per heavy atom. The number of para-hydroxylation sites is 1. The number of benzene rings is 1. The maximum Gasteiger partial charge on any atom is 0.242 e. The number of carbonyl (C=O) groups is 1. The minimum atomic E-state index is -0.246. The molecule has 1 amide bonds. The van der Waals surface area contributed by atoms with E-state index >= 15 is 0 Å². The molecule has 5 nitrogen and oxygen atoms in total. The standard InChI is InChI=1S/C14H19N3O2/c1-10(14(18)15-2)17-9-5-7-12(16-19)11-6-3-4-8-13(11)17/h3-4,6,8,10,19H,5,7,9H2,1-2H3,(H,15,18)/b16-12-. The normalized spacial score (nSPS) is 18.6. The molecular weight excluding hydrogens is 242 g/mol. The molecule has 0 spiro atoms. The summed E-state index contributed by atoms with van der Waals surface area (Å²) in [5.74, 6) is -0.0146. The van der Waals surface area contributed by atoms with Crippen molar-refractivity contribution in [3.8, 4) is 0 Å². The predicted molar refractivity (Wildman–Crippen MR) is 74.9 cm³/mol. The van der Waals surface area contributed by atoms with E-state index in [-0.39, 0.29) is 11.9 Å². The summed E-state index contributed by atoms with van der Waals surface area (Å²) in [4.78, 5) is 13.9. The van der Waals surface area contributed by atoms with Gasteiger partial charge < -0.3 is 15.4 Å². The van der Waals surface area contributed by atoms with E-state index < -0.39 is 0 Å². The molecule has 1 heterocycles. The maximum absolute atomic E-state index is 11.9. The monoisotopic (exact) mass is 261 g/mol. The highest BCUT2D eigenvalue weighted by molar-refractivity contribution is 6.06. The first-order chi connectivity index (χ1) is 9.19. The third-order valence-corrected chi connectivity index (χ3v) is 3.55. The summed E-state index contributed by atoms with van der Waals surface area (Å²) in [5.41, 5.74) is 2.53.